The third kappa shape index (κ3) is 58.9. The molecule has 34 valence electrons. The normalized spacial score (nSPS) is 8.43. The van der Waals surface area contributed by atoms with E-state index < -0.39 is 7.82 Å². The minimum absolute atomic E-state index is 0. The number of hydrogen-bond donors (Lipinski definition) is 0. The molecule has 0 aromatic rings. The van der Waals surface area contributed by atoms with Gasteiger partial charge in [-0.05, 0) is 0 Å². The third-order valence-electron chi connectivity index (χ3n) is 0. The van der Waals surface area contributed by atoms with E-state index in [2.05, 4.69) is 0 Å². The molecule has 0 spiro atoms. The zero-order chi connectivity index (χ0) is 4.50. The monoisotopic (exact) mass is 318 g/mol. The molecule has 0 saturated heterocycles. The van der Waals surface area contributed by atoms with Gasteiger partial charge in [-0.3, -0.25) is 0 Å². The van der Waals surface area contributed by atoms with Crippen molar-refractivity contribution in [1.82, 2.24) is 0 Å². The number of hydrogen-bond acceptors (Lipinski definition) is 4. The molecule has 0 aliphatic heterocycles. The van der Waals surface area contributed by atoms with E-state index in [1.54, 1.807) is 0 Å². The molecule has 0 heterocycles. The first-order chi connectivity index (χ1) is 2.00. The second-order valence-corrected chi connectivity index (χ2v) is 1.34. The molecule has 7 heavy (non-hydrogen) atoms. The fourth-order valence-corrected chi connectivity index (χ4v) is 0. The Kier molecular flexibility index (Phi) is 15.2. The summed E-state index contributed by atoms with van der Waals surface area (Å²) in [5.41, 5.74) is 0. The van der Waals surface area contributed by atoms with E-state index >= 15 is 0 Å². The van der Waals surface area contributed by atoms with Crippen molar-refractivity contribution in [3.8, 4) is 0 Å². The summed E-state index contributed by atoms with van der Waals surface area (Å²) in [6.45, 7) is 0. The van der Waals surface area contributed by atoms with Gasteiger partial charge >= 0.3 is 72.4 Å². The second kappa shape index (κ2) is 6.55. The van der Waals surface area contributed by atoms with Crippen LogP contribution in [0.25, 0.3) is 0 Å². The van der Waals surface area contributed by atoms with Crippen molar-refractivity contribution in [1.29, 1.82) is 0 Å². The molecule has 4 nitrogen and oxygen atoms in total. The van der Waals surface area contributed by atoms with Crippen LogP contribution in [0.4, 0.5) is 0 Å². The van der Waals surface area contributed by atoms with Crippen LogP contribution in [0.5, 0.6) is 0 Å². The van der Waals surface area contributed by atoms with Gasteiger partial charge in [-0.25, -0.2) is 0 Å². The van der Waals surface area contributed by atoms with Gasteiger partial charge in [0, 0.05) is 0 Å². The summed E-state index contributed by atoms with van der Waals surface area (Å²) in [7, 11) is -5.39. The average Bonchev–Trinajstić information content (AvgIpc) is 0.722. The van der Waals surface area contributed by atoms with E-state index in [1.165, 1.54) is 0 Å². The molecule has 0 radical (unpaired) electrons. The Hall–Kier alpha value is 2.43. The van der Waals surface area contributed by atoms with E-state index in [9.17, 15) is 0 Å². The first-order valence-electron chi connectivity index (χ1n) is 0.730. The van der Waals surface area contributed by atoms with Gasteiger partial charge in [0.2, 0.25) is 0 Å². The zero-order valence-electron chi connectivity index (χ0n) is 3.49. The Bertz CT molecular complexity index is 57.8. The predicted molar refractivity (Wildman–Crippen MR) is 7.61 cm³/mol. The number of phosphoric acid groups is 1. The molecule has 0 aromatic carbocycles. The molecule has 0 aliphatic rings. The first kappa shape index (κ1) is 16.2. The fraction of sp³-hybridized carbons (Fsp3) is 0. The maximum absolute atomic E-state index is 8.55. The molecule has 0 aliphatic carbocycles. The fourth-order valence-electron chi connectivity index (χ4n) is 0. The van der Waals surface area contributed by atoms with Crippen molar-refractivity contribution >= 4 is 7.82 Å². The van der Waals surface area contributed by atoms with Gasteiger partial charge in [-0.1, -0.05) is 0 Å². The molecule has 0 N–H and O–H groups in total. The standard InChI is InChI=1S/K.H3O4P.W/c;1-5(2,3)4;/h;(H3,1,2,3,4);/q+1;;+4/p-3. The van der Waals surface area contributed by atoms with Gasteiger partial charge in [0.1, 0.15) is 0 Å². The van der Waals surface area contributed by atoms with Gasteiger partial charge in [0.25, 0.3) is 0 Å². The molecule has 7 heteroatoms. The minimum atomic E-state index is -5.39. The predicted octanol–water partition coefficient (Wildman–Crippen LogP) is -5.82. The Balaban J connectivity index is -0.0000000800. The third-order valence-corrected chi connectivity index (χ3v) is 0. The van der Waals surface area contributed by atoms with Crippen LogP contribution in [0.2, 0.25) is 0 Å². The van der Waals surface area contributed by atoms with E-state index in [-0.39, 0.29) is 72.4 Å². The second-order valence-electron chi connectivity index (χ2n) is 0.447. The molecule has 0 aromatic heterocycles. The zero-order valence-corrected chi connectivity index (χ0v) is 10.4. The van der Waals surface area contributed by atoms with Crippen molar-refractivity contribution in [2.45, 2.75) is 0 Å². The summed E-state index contributed by atoms with van der Waals surface area (Å²) in [6, 6.07) is 0. The van der Waals surface area contributed by atoms with Crippen LogP contribution in [-0.4, -0.2) is 0 Å². The summed E-state index contributed by atoms with van der Waals surface area (Å²) >= 11 is 0. The Labute approximate surface area is 97.6 Å². The summed E-state index contributed by atoms with van der Waals surface area (Å²) < 4.78 is 8.55. The molecule has 0 fully saturated rings. The minimum Gasteiger partial charge on any atom is -0.822 e. The summed E-state index contributed by atoms with van der Waals surface area (Å²) in [4.78, 5) is 25.6. The van der Waals surface area contributed by atoms with Crippen LogP contribution in [0.3, 0.4) is 0 Å². The van der Waals surface area contributed by atoms with Crippen molar-refractivity contribution < 1.29 is 91.7 Å². The quantitative estimate of drug-likeness (QED) is 0.329. The maximum Gasteiger partial charge on any atom is 4.00 e. The van der Waals surface area contributed by atoms with Gasteiger partial charge in [0.15, 0.2) is 0 Å². The van der Waals surface area contributed by atoms with Crippen LogP contribution in [-0.2, 0) is 25.6 Å². The maximum atomic E-state index is 8.55. The molecule has 0 rings (SSSR count). The van der Waals surface area contributed by atoms with Crippen molar-refractivity contribution in [2.24, 2.45) is 0 Å². The van der Waals surface area contributed by atoms with Gasteiger partial charge < -0.3 is 19.2 Å². The molecule has 0 bridgehead atoms. The van der Waals surface area contributed by atoms with E-state index in [1.807, 2.05) is 0 Å². The Morgan fingerprint density at radius 3 is 1.14 bits per heavy atom. The summed E-state index contributed by atoms with van der Waals surface area (Å²) in [5.74, 6) is 0. The SMILES string of the molecule is O=P([O-])([O-])[O-].[K+].[W+4]. The molecular formula is KO4PW+2. The first-order valence-corrected chi connectivity index (χ1v) is 2.19. The van der Waals surface area contributed by atoms with E-state index in [0.717, 1.165) is 0 Å². The van der Waals surface area contributed by atoms with Crippen LogP contribution in [0, 0.1) is 0 Å². The van der Waals surface area contributed by atoms with Crippen molar-refractivity contribution in [3.05, 3.63) is 0 Å². The van der Waals surface area contributed by atoms with Gasteiger partial charge in [0.05, 0.1) is 0 Å². The van der Waals surface area contributed by atoms with Gasteiger partial charge in [-0.15, -0.1) is 0 Å². The molecule has 0 unspecified atom stereocenters. The molecule has 0 atom stereocenters. The topological polar surface area (TPSA) is 86.2 Å². The van der Waals surface area contributed by atoms with E-state index in [0.29, 0.717) is 0 Å². The Morgan fingerprint density at radius 2 is 1.14 bits per heavy atom. The van der Waals surface area contributed by atoms with E-state index in [4.69, 9.17) is 19.2 Å². The average molecular weight is 318 g/mol. The Morgan fingerprint density at radius 1 is 1.14 bits per heavy atom. The molecular weight excluding hydrogens is 318 g/mol. The summed E-state index contributed by atoms with van der Waals surface area (Å²) in [5, 5.41) is 0. The van der Waals surface area contributed by atoms with Crippen LogP contribution < -0.4 is 66.1 Å². The van der Waals surface area contributed by atoms with Crippen LogP contribution in [0.15, 0.2) is 0 Å². The van der Waals surface area contributed by atoms with Crippen molar-refractivity contribution in [2.75, 3.05) is 0 Å². The van der Waals surface area contributed by atoms with Crippen molar-refractivity contribution in [3.63, 3.8) is 0 Å². The summed E-state index contributed by atoms with van der Waals surface area (Å²) in [6.07, 6.45) is 0. The van der Waals surface area contributed by atoms with Crippen LogP contribution >= 0.6 is 7.82 Å². The number of rotatable bonds is 0. The largest absolute Gasteiger partial charge is 4.00 e. The smallest absolute Gasteiger partial charge is 0.822 e. The molecule has 0 amide bonds. The molecule has 0 saturated carbocycles. The van der Waals surface area contributed by atoms with Crippen LogP contribution in [0.1, 0.15) is 0 Å². The van der Waals surface area contributed by atoms with Gasteiger partial charge in [-0.2, -0.15) is 7.82 Å².